The average molecular weight is 440 g/mol. The van der Waals surface area contributed by atoms with Crippen LogP contribution in [0.25, 0.3) is 11.5 Å². The largest absolute Gasteiger partial charge is 0.441 e. The molecule has 1 saturated heterocycles. The Bertz CT molecular complexity index is 1150. The van der Waals surface area contributed by atoms with Crippen LogP contribution < -0.4 is 5.32 Å². The molecule has 0 saturated carbocycles. The van der Waals surface area contributed by atoms with E-state index in [9.17, 15) is 13.2 Å². The number of rotatable bonds is 6. The smallest absolute Gasteiger partial charge is 0.243 e. The Morgan fingerprint density at radius 3 is 2.39 bits per heavy atom. The summed E-state index contributed by atoms with van der Waals surface area (Å²) in [5.74, 6) is 0.827. The van der Waals surface area contributed by atoms with Crippen molar-refractivity contribution >= 4 is 21.6 Å². The summed E-state index contributed by atoms with van der Waals surface area (Å²) in [4.78, 5) is 17.2. The van der Waals surface area contributed by atoms with Crippen molar-refractivity contribution in [2.24, 2.45) is 0 Å². The van der Waals surface area contributed by atoms with Gasteiger partial charge < -0.3 is 9.73 Å². The molecule has 1 amide bonds. The highest BCUT2D eigenvalue weighted by molar-refractivity contribution is 7.89. The molecule has 1 aliphatic rings. The molecule has 7 nitrogen and oxygen atoms in total. The van der Waals surface area contributed by atoms with Gasteiger partial charge in [0.05, 0.1) is 17.0 Å². The van der Waals surface area contributed by atoms with E-state index in [1.54, 1.807) is 19.1 Å². The second kappa shape index (κ2) is 9.03. The number of benzene rings is 2. The quantitative estimate of drug-likeness (QED) is 0.627. The fourth-order valence-electron chi connectivity index (χ4n) is 3.62. The SMILES string of the molecule is Cc1oc(-c2ccccc2)nc1CC(=O)Nc1ccc(S(=O)(=O)N2CCCCC2)cc1. The van der Waals surface area contributed by atoms with E-state index in [1.807, 2.05) is 30.3 Å². The van der Waals surface area contributed by atoms with E-state index in [0.717, 1.165) is 24.8 Å². The maximum atomic E-state index is 12.7. The van der Waals surface area contributed by atoms with Crippen molar-refractivity contribution < 1.29 is 17.6 Å². The Balaban J connectivity index is 1.41. The van der Waals surface area contributed by atoms with E-state index >= 15 is 0 Å². The Kier molecular flexibility index (Phi) is 6.20. The van der Waals surface area contributed by atoms with E-state index in [2.05, 4.69) is 10.3 Å². The van der Waals surface area contributed by atoms with Crippen molar-refractivity contribution in [1.82, 2.24) is 9.29 Å². The van der Waals surface area contributed by atoms with Gasteiger partial charge in [0.2, 0.25) is 21.8 Å². The van der Waals surface area contributed by atoms with Crippen LogP contribution in [-0.4, -0.2) is 36.7 Å². The first-order valence-corrected chi connectivity index (χ1v) is 11.8. The third-order valence-corrected chi connectivity index (χ3v) is 7.25. The number of piperidine rings is 1. The van der Waals surface area contributed by atoms with Gasteiger partial charge in [-0.05, 0) is 56.2 Å². The summed E-state index contributed by atoms with van der Waals surface area (Å²) < 4.78 is 32.7. The summed E-state index contributed by atoms with van der Waals surface area (Å²) in [5.41, 5.74) is 1.95. The second-order valence-electron chi connectivity index (χ2n) is 7.60. The van der Waals surface area contributed by atoms with Gasteiger partial charge >= 0.3 is 0 Å². The van der Waals surface area contributed by atoms with Crippen molar-refractivity contribution in [3.8, 4) is 11.5 Å². The highest BCUT2D eigenvalue weighted by Crippen LogP contribution is 2.23. The third kappa shape index (κ3) is 4.86. The molecular weight excluding hydrogens is 414 g/mol. The summed E-state index contributed by atoms with van der Waals surface area (Å²) in [6.07, 6.45) is 2.91. The number of aryl methyl sites for hydroxylation is 1. The minimum absolute atomic E-state index is 0.0655. The molecule has 1 aromatic heterocycles. The van der Waals surface area contributed by atoms with Gasteiger partial charge in [0, 0.05) is 24.3 Å². The average Bonchev–Trinajstić information content (AvgIpc) is 3.15. The van der Waals surface area contributed by atoms with E-state index in [-0.39, 0.29) is 17.2 Å². The number of anilines is 1. The maximum Gasteiger partial charge on any atom is 0.243 e. The zero-order valence-corrected chi connectivity index (χ0v) is 18.2. The summed E-state index contributed by atoms with van der Waals surface area (Å²) in [6.45, 7) is 2.90. The van der Waals surface area contributed by atoms with Crippen LogP contribution in [-0.2, 0) is 21.2 Å². The molecule has 1 N–H and O–H groups in total. The van der Waals surface area contributed by atoms with Crippen LogP contribution in [0.2, 0.25) is 0 Å². The van der Waals surface area contributed by atoms with Crippen LogP contribution in [0.3, 0.4) is 0 Å². The van der Waals surface area contributed by atoms with Crippen LogP contribution in [0.5, 0.6) is 0 Å². The molecule has 31 heavy (non-hydrogen) atoms. The summed E-state index contributed by atoms with van der Waals surface area (Å²) in [5, 5.41) is 2.80. The first-order valence-electron chi connectivity index (χ1n) is 10.4. The number of hydrogen-bond donors (Lipinski definition) is 1. The van der Waals surface area contributed by atoms with Gasteiger partial charge in [-0.15, -0.1) is 0 Å². The van der Waals surface area contributed by atoms with E-state index < -0.39 is 10.0 Å². The lowest BCUT2D eigenvalue weighted by atomic mass is 10.2. The van der Waals surface area contributed by atoms with Gasteiger partial charge in [-0.25, -0.2) is 13.4 Å². The lowest BCUT2D eigenvalue weighted by Gasteiger charge is -2.25. The Labute approximate surface area is 182 Å². The van der Waals surface area contributed by atoms with Crippen LogP contribution in [0.15, 0.2) is 63.9 Å². The fraction of sp³-hybridized carbons (Fsp3) is 0.304. The summed E-state index contributed by atoms with van der Waals surface area (Å²) in [7, 11) is -3.49. The minimum Gasteiger partial charge on any atom is -0.441 e. The number of nitrogens with one attached hydrogen (secondary N) is 1. The first-order chi connectivity index (χ1) is 14.9. The van der Waals surface area contributed by atoms with Crippen molar-refractivity contribution in [1.29, 1.82) is 0 Å². The number of carbonyl (C=O) groups is 1. The number of sulfonamides is 1. The van der Waals surface area contributed by atoms with Crippen molar-refractivity contribution in [3.05, 3.63) is 66.1 Å². The molecule has 0 aliphatic carbocycles. The predicted octanol–water partition coefficient (Wildman–Crippen LogP) is 4.01. The molecule has 2 aromatic carbocycles. The van der Waals surface area contributed by atoms with Gasteiger partial charge in [-0.3, -0.25) is 4.79 Å². The molecule has 0 atom stereocenters. The molecule has 3 aromatic rings. The standard InChI is InChI=1S/C23H25N3O4S/c1-17-21(25-23(30-17)18-8-4-2-5-9-18)16-22(27)24-19-10-12-20(13-11-19)31(28,29)26-14-6-3-7-15-26/h2,4-5,8-13H,3,6-7,14-16H2,1H3,(H,24,27). The zero-order valence-electron chi connectivity index (χ0n) is 17.4. The molecule has 8 heteroatoms. The Morgan fingerprint density at radius 1 is 1.03 bits per heavy atom. The monoisotopic (exact) mass is 439 g/mol. The zero-order chi connectivity index (χ0) is 21.8. The molecule has 1 aliphatic heterocycles. The maximum absolute atomic E-state index is 12.7. The molecule has 162 valence electrons. The highest BCUT2D eigenvalue weighted by atomic mass is 32.2. The normalized spacial score (nSPS) is 15.0. The van der Waals surface area contributed by atoms with Gasteiger partial charge in [0.1, 0.15) is 5.76 Å². The fourth-order valence-corrected chi connectivity index (χ4v) is 5.14. The second-order valence-corrected chi connectivity index (χ2v) is 9.54. The van der Waals surface area contributed by atoms with Crippen molar-refractivity contribution in [2.45, 2.75) is 37.5 Å². The minimum atomic E-state index is -3.49. The van der Waals surface area contributed by atoms with Gasteiger partial charge in [-0.1, -0.05) is 24.6 Å². The van der Waals surface area contributed by atoms with E-state index in [4.69, 9.17) is 4.42 Å². The van der Waals surface area contributed by atoms with Gasteiger partial charge in [-0.2, -0.15) is 4.31 Å². The number of amides is 1. The molecule has 0 spiro atoms. The molecule has 0 radical (unpaired) electrons. The van der Waals surface area contributed by atoms with Crippen molar-refractivity contribution in [3.63, 3.8) is 0 Å². The van der Waals surface area contributed by atoms with Crippen LogP contribution in [0.1, 0.15) is 30.7 Å². The van der Waals surface area contributed by atoms with Crippen molar-refractivity contribution in [2.75, 3.05) is 18.4 Å². The third-order valence-electron chi connectivity index (χ3n) is 5.33. The number of nitrogens with zero attached hydrogens (tertiary/aromatic N) is 2. The molecular formula is C23H25N3O4S. The first kappa shape index (κ1) is 21.3. The number of aromatic nitrogens is 1. The van der Waals surface area contributed by atoms with Gasteiger partial charge in [0.15, 0.2) is 0 Å². The molecule has 0 bridgehead atoms. The summed E-state index contributed by atoms with van der Waals surface area (Å²) >= 11 is 0. The number of carbonyl (C=O) groups excluding carboxylic acids is 1. The molecule has 2 heterocycles. The predicted molar refractivity (Wildman–Crippen MR) is 118 cm³/mol. The molecule has 1 fully saturated rings. The lowest BCUT2D eigenvalue weighted by molar-refractivity contribution is -0.115. The Morgan fingerprint density at radius 2 is 1.71 bits per heavy atom. The number of oxazole rings is 1. The number of hydrogen-bond acceptors (Lipinski definition) is 5. The van der Waals surface area contributed by atoms with E-state index in [0.29, 0.717) is 36.1 Å². The van der Waals surface area contributed by atoms with Crippen LogP contribution in [0.4, 0.5) is 5.69 Å². The van der Waals surface area contributed by atoms with Gasteiger partial charge in [0.25, 0.3) is 0 Å². The Hall–Kier alpha value is -2.97. The van der Waals surface area contributed by atoms with E-state index in [1.165, 1.54) is 16.4 Å². The van der Waals surface area contributed by atoms with Crippen LogP contribution >= 0.6 is 0 Å². The lowest BCUT2D eigenvalue weighted by Crippen LogP contribution is -2.35. The van der Waals surface area contributed by atoms with Crippen LogP contribution in [0, 0.1) is 6.92 Å². The highest BCUT2D eigenvalue weighted by Gasteiger charge is 2.25. The topological polar surface area (TPSA) is 92.5 Å². The molecule has 4 rings (SSSR count). The summed E-state index contributed by atoms with van der Waals surface area (Å²) in [6, 6.07) is 15.8. The molecule has 0 unspecified atom stereocenters.